The van der Waals surface area contributed by atoms with Gasteiger partial charge in [-0.15, -0.1) is 0 Å². The second-order valence-electron chi connectivity index (χ2n) is 6.60. The van der Waals surface area contributed by atoms with Crippen LogP contribution in [0.4, 0.5) is 4.79 Å². The summed E-state index contributed by atoms with van der Waals surface area (Å²) >= 11 is 9.38. The van der Waals surface area contributed by atoms with E-state index in [-0.39, 0.29) is 0 Å². The highest BCUT2D eigenvalue weighted by Gasteiger charge is 2.12. The molecule has 3 nitrogen and oxygen atoms in total. The molecular formula is C20H25BrClNO2. The lowest BCUT2D eigenvalue weighted by Crippen LogP contribution is -2.27. The van der Waals surface area contributed by atoms with Crippen molar-refractivity contribution >= 4 is 33.6 Å². The van der Waals surface area contributed by atoms with Crippen LogP contribution in [0.15, 0.2) is 53.0 Å². The molecule has 2 rings (SSSR count). The van der Waals surface area contributed by atoms with E-state index in [0.717, 1.165) is 15.9 Å². The largest absolute Gasteiger partial charge is 0.444 e. The zero-order valence-corrected chi connectivity index (χ0v) is 17.4. The summed E-state index contributed by atoms with van der Waals surface area (Å²) in [7, 11) is 0. The molecule has 1 atom stereocenters. The number of rotatable bonds is 3. The van der Waals surface area contributed by atoms with Crippen molar-refractivity contribution in [2.75, 3.05) is 0 Å². The summed E-state index contributed by atoms with van der Waals surface area (Å²) in [5.74, 6) is 0.445. The lowest BCUT2D eigenvalue weighted by molar-refractivity contribution is 0.0600. The summed E-state index contributed by atoms with van der Waals surface area (Å²) in [6.07, 6.45) is 0.362. The Morgan fingerprint density at radius 2 is 1.52 bits per heavy atom. The van der Waals surface area contributed by atoms with Crippen molar-refractivity contribution in [1.29, 1.82) is 0 Å². The summed E-state index contributed by atoms with van der Waals surface area (Å²) in [6, 6.07) is 16.7. The molecule has 0 heterocycles. The summed E-state index contributed by atoms with van der Waals surface area (Å²) in [4.78, 5) is 10.0. The number of carbonyl (C=O) groups excluding carboxylic acids is 1. The number of hydrogen-bond donors (Lipinski definition) is 1. The van der Waals surface area contributed by atoms with E-state index in [0.29, 0.717) is 5.92 Å². The number of amides is 1. The molecule has 136 valence electrons. The third kappa shape index (κ3) is 8.41. The Morgan fingerprint density at radius 1 is 1.08 bits per heavy atom. The van der Waals surface area contributed by atoms with Crippen molar-refractivity contribution in [1.82, 2.24) is 0 Å². The molecule has 0 radical (unpaired) electrons. The second kappa shape index (κ2) is 9.83. The van der Waals surface area contributed by atoms with Gasteiger partial charge in [-0.1, -0.05) is 58.7 Å². The zero-order chi connectivity index (χ0) is 19.0. The van der Waals surface area contributed by atoms with Crippen molar-refractivity contribution in [2.45, 2.75) is 45.6 Å². The number of halogens is 2. The summed E-state index contributed by atoms with van der Waals surface area (Å²) < 4.78 is 5.69. The average molecular weight is 427 g/mol. The monoisotopic (exact) mass is 425 g/mol. The number of hydrogen-bond acceptors (Lipinski definition) is 2. The molecule has 1 amide bonds. The quantitative estimate of drug-likeness (QED) is 0.607. The lowest BCUT2D eigenvalue weighted by atomic mass is 9.89. The van der Waals surface area contributed by atoms with Crippen LogP contribution < -0.4 is 5.73 Å². The van der Waals surface area contributed by atoms with Crippen molar-refractivity contribution < 1.29 is 9.53 Å². The van der Waals surface area contributed by atoms with Gasteiger partial charge >= 0.3 is 6.09 Å². The van der Waals surface area contributed by atoms with Gasteiger partial charge in [-0.3, -0.25) is 0 Å². The van der Waals surface area contributed by atoms with Gasteiger partial charge in [-0.05, 0) is 62.6 Å². The van der Waals surface area contributed by atoms with Crippen molar-refractivity contribution in [3.8, 4) is 0 Å². The molecule has 0 aromatic heterocycles. The molecule has 2 aromatic carbocycles. The Kier molecular flexibility index (Phi) is 8.46. The maximum atomic E-state index is 10.0. The van der Waals surface area contributed by atoms with Crippen LogP contribution in [0.25, 0.3) is 0 Å². The van der Waals surface area contributed by atoms with E-state index in [1.807, 2.05) is 12.1 Å². The molecule has 2 aromatic rings. The van der Waals surface area contributed by atoms with Gasteiger partial charge in [0.05, 0.1) is 0 Å². The summed E-state index contributed by atoms with van der Waals surface area (Å²) in [5, 5.41) is 0.791. The number of ether oxygens (including phenoxy) is 1. The van der Waals surface area contributed by atoms with Crippen LogP contribution in [-0.2, 0) is 4.74 Å². The first-order valence-corrected chi connectivity index (χ1v) is 9.29. The van der Waals surface area contributed by atoms with E-state index in [2.05, 4.69) is 64.0 Å². The average Bonchev–Trinajstić information content (AvgIpc) is 2.50. The van der Waals surface area contributed by atoms with Gasteiger partial charge < -0.3 is 10.5 Å². The second-order valence-corrected chi connectivity index (χ2v) is 7.95. The van der Waals surface area contributed by atoms with Crippen LogP contribution in [0, 0.1) is 0 Å². The Hall–Kier alpha value is -1.52. The predicted octanol–water partition coefficient (Wildman–Crippen LogP) is 6.52. The first-order valence-electron chi connectivity index (χ1n) is 8.11. The SMILES string of the molecule is CC(C)(C)OC(N)=O.CCC(c1ccc(Cl)cc1)c1ccc(Br)cc1. The lowest BCUT2D eigenvalue weighted by Gasteiger charge is -2.16. The molecule has 0 aliphatic rings. The van der Waals surface area contributed by atoms with Crippen molar-refractivity contribution in [3.63, 3.8) is 0 Å². The van der Waals surface area contributed by atoms with Gasteiger partial charge in [0.1, 0.15) is 5.60 Å². The number of nitrogens with two attached hydrogens (primary N) is 1. The zero-order valence-electron chi connectivity index (χ0n) is 15.1. The minimum atomic E-state index is -0.725. The number of benzene rings is 2. The molecule has 0 aliphatic heterocycles. The topological polar surface area (TPSA) is 52.3 Å². The molecule has 0 bridgehead atoms. The minimum Gasteiger partial charge on any atom is -0.444 e. The van der Waals surface area contributed by atoms with E-state index >= 15 is 0 Å². The molecule has 0 saturated heterocycles. The van der Waals surface area contributed by atoms with E-state index < -0.39 is 11.7 Å². The molecule has 25 heavy (non-hydrogen) atoms. The molecule has 1 unspecified atom stereocenters. The van der Waals surface area contributed by atoms with Crippen LogP contribution >= 0.6 is 27.5 Å². The molecular weight excluding hydrogens is 402 g/mol. The Balaban J connectivity index is 0.000000333. The van der Waals surface area contributed by atoms with Crippen LogP contribution in [0.2, 0.25) is 5.02 Å². The number of primary amides is 1. The molecule has 2 N–H and O–H groups in total. The molecule has 0 fully saturated rings. The van der Waals surface area contributed by atoms with Crippen LogP contribution in [0.5, 0.6) is 0 Å². The highest BCUT2D eigenvalue weighted by molar-refractivity contribution is 9.10. The summed E-state index contributed by atoms with van der Waals surface area (Å²) in [5.41, 5.74) is 6.93. The van der Waals surface area contributed by atoms with Gasteiger partial charge in [0.15, 0.2) is 0 Å². The third-order valence-corrected chi connectivity index (χ3v) is 4.14. The van der Waals surface area contributed by atoms with Gasteiger partial charge in [0, 0.05) is 15.4 Å². The van der Waals surface area contributed by atoms with E-state index in [1.165, 1.54) is 11.1 Å². The standard InChI is InChI=1S/C15H14BrCl.C5H11NO2/c1-2-15(11-3-7-13(16)8-4-11)12-5-9-14(17)10-6-12;1-5(2,3)8-4(6)7/h3-10,15H,2H2,1H3;1-3H3,(H2,6,7). The van der Waals surface area contributed by atoms with Crippen LogP contribution in [-0.4, -0.2) is 11.7 Å². The van der Waals surface area contributed by atoms with Gasteiger partial charge in [0.25, 0.3) is 0 Å². The fourth-order valence-electron chi connectivity index (χ4n) is 2.36. The van der Waals surface area contributed by atoms with E-state index in [4.69, 9.17) is 17.3 Å². The van der Waals surface area contributed by atoms with Crippen LogP contribution in [0.1, 0.15) is 51.2 Å². The maximum Gasteiger partial charge on any atom is 0.405 e. The van der Waals surface area contributed by atoms with Crippen molar-refractivity contribution in [3.05, 3.63) is 69.2 Å². The van der Waals surface area contributed by atoms with E-state index in [1.54, 1.807) is 20.8 Å². The smallest absolute Gasteiger partial charge is 0.405 e. The maximum absolute atomic E-state index is 10.0. The third-order valence-electron chi connectivity index (χ3n) is 3.36. The van der Waals surface area contributed by atoms with Crippen LogP contribution in [0.3, 0.4) is 0 Å². The normalized spacial score (nSPS) is 11.9. The van der Waals surface area contributed by atoms with Gasteiger partial charge in [-0.2, -0.15) is 0 Å². The fraction of sp³-hybridized carbons (Fsp3) is 0.350. The Bertz CT molecular complexity index is 618. The van der Waals surface area contributed by atoms with Gasteiger partial charge in [0.2, 0.25) is 0 Å². The predicted molar refractivity (Wildman–Crippen MR) is 108 cm³/mol. The molecule has 5 heteroatoms. The minimum absolute atomic E-state index is 0.445. The number of carbonyl (C=O) groups is 1. The van der Waals surface area contributed by atoms with E-state index in [9.17, 15) is 4.79 Å². The first-order chi connectivity index (χ1) is 11.6. The van der Waals surface area contributed by atoms with Gasteiger partial charge in [-0.25, -0.2) is 4.79 Å². The summed E-state index contributed by atoms with van der Waals surface area (Å²) in [6.45, 7) is 7.49. The first kappa shape index (κ1) is 21.5. The molecule has 0 aliphatic carbocycles. The highest BCUT2D eigenvalue weighted by Crippen LogP contribution is 2.29. The molecule has 0 saturated carbocycles. The highest BCUT2D eigenvalue weighted by atomic mass is 79.9. The molecule has 0 spiro atoms. The van der Waals surface area contributed by atoms with Crippen molar-refractivity contribution in [2.24, 2.45) is 5.73 Å². The Labute approximate surface area is 163 Å². The Morgan fingerprint density at radius 3 is 1.84 bits per heavy atom. The fourth-order valence-corrected chi connectivity index (χ4v) is 2.75.